The monoisotopic (exact) mass is 285 g/mol. The van der Waals surface area contributed by atoms with E-state index in [0.29, 0.717) is 4.91 Å². The Kier molecular flexibility index (Phi) is 3.14. The third-order valence-electron chi connectivity index (χ3n) is 3.41. The summed E-state index contributed by atoms with van der Waals surface area (Å²) in [6.45, 7) is 0. The molecule has 1 aromatic carbocycles. The zero-order valence-corrected chi connectivity index (χ0v) is 12.4. The molecular weight excluding hydrogens is 270 g/mol. The summed E-state index contributed by atoms with van der Waals surface area (Å²) in [6.07, 6.45) is 4.00. The van der Waals surface area contributed by atoms with Crippen molar-refractivity contribution < 1.29 is 4.79 Å². The molecule has 1 saturated heterocycles. The van der Waals surface area contributed by atoms with Gasteiger partial charge in [0.05, 0.1) is 4.91 Å². The number of carbonyl (C=O) groups excluding carboxylic acids is 1. The first-order valence-corrected chi connectivity index (χ1v) is 7.12. The summed E-state index contributed by atoms with van der Waals surface area (Å²) in [7, 11) is 5.47. The van der Waals surface area contributed by atoms with Crippen LogP contribution in [0.4, 0.5) is 0 Å². The Labute approximate surface area is 121 Å². The first kappa shape index (κ1) is 13.0. The van der Waals surface area contributed by atoms with Crippen LogP contribution < -0.4 is 0 Å². The van der Waals surface area contributed by atoms with Gasteiger partial charge in [0.1, 0.15) is 0 Å². The molecule has 20 heavy (non-hydrogen) atoms. The second kappa shape index (κ2) is 4.83. The molecular formula is C15H15N3OS. The van der Waals surface area contributed by atoms with Gasteiger partial charge in [0.25, 0.3) is 5.91 Å². The van der Waals surface area contributed by atoms with Gasteiger partial charge in [-0.05, 0) is 23.9 Å². The van der Waals surface area contributed by atoms with Crippen molar-refractivity contribution in [3.8, 4) is 0 Å². The molecule has 0 spiro atoms. The van der Waals surface area contributed by atoms with Crippen LogP contribution in [0.25, 0.3) is 17.0 Å². The number of hydrogen-bond acceptors (Lipinski definition) is 3. The predicted octanol–water partition coefficient (Wildman–Crippen LogP) is 2.71. The van der Waals surface area contributed by atoms with E-state index in [1.807, 2.05) is 31.5 Å². The topological polar surface area (TPSA) is 37.6 Å². The van der Waals surface area contributed by atoms with Crippen molar-refractivity contribution in [2.75, 3.05) is 14.1 Å². The highest BCUT2D eigenvalue weighted by Gasteiger charge is 2.29. The Morgan fingerprint density at radius 1 is 1.25 bits per heavy atom. The normalized spacial score (nSPS) is 19.8. The fraction of sp³-hybridized carbons (Fsp3) is 0.200. The minimum absolute atomic E-state index is 0.00327. The average molecular weight is 285 g/mol. The van der Waals surface area contributed by atoms with Crippen molar-refractivity contribution in [2.45, 2.75) is 0 Å². The Bertz CT molecular complexity index is 758. The Morgan fingerprint density at radius 3 is 2.70 bits per heavy atom. The first-order chi connectivity index (χ1) is 9.61. The quantitative estimate of drug-likeness (QED) is 0.756. The van der Waals surface area contributed by atoms with E-state index in [1.54, 1.807) is 19.0 Å². The van der Waals surface area contributed by atoms with Crippen LogP contribution >= 0.6 is 11.8 Å². The molecule has 5 heteroatoms. The Hall–Kier alpha value is -2.01. The van der Waals surface area contributed by atoms with E-state index in [-0.39, 0.29) is 5.91 Å². The van der Waals surface area contributed by atoms with Gasteiger partial charge in [-0.2, -0.15) is 0 Å². The van der Waals surface area contributed by atoms with E-state index < -0.39 is 0 Å². The molecule has 1 aliphatic rings. The summed E-state index contributed by atoms with van der Waals surface area (Å²) in [4.78, 5) is 18.6. The highest BCUT2D eigenvalue weighted by Crippen LogP contribution is 2.33. The van der Waals surface area contributed by atoms with Crippen LogP contribution in [0.3, 0.4) is 0 Å². The number of likely N-dealkylation sites (N-methyl/N-ethyl adjacent to an activating group) is 1. The van der Waals surface area contributed by atoms with Gasteiger partial charge in [-0.25, -0.2) is 0 Å². The maximum atomic E-state index is 12.2. The number of para-hydroxylation sites is 1. The third-order valence-corrected chi connectivity index (χ3v) is 4.56. The van der Waals surface area contributed by atoms with E-state index in [4.69, 9.17) is 0 Å². The number of nitrogens with zero attached hydrogens (tertiary/aromatic N) is 3. The summed E-state index contributed by atoms with van der Waals surface area (Å²) in [5.41, 5.74) is 2.22. The molecule has 2 aromatic rings. The number of amides is 1. The highest BCUT2D eigenvalue weighted by atomic mass is 32.2. The van der Waals surface area contributed by atoms with Crippen LogP contribution in [0, 0.1) is 0 Å². The van der Waals surface area contributed by atoms with Crippen LogP contribution in [0.5, 0.6) is 0 Å². The number of rotatable bonds is 1. The largest absolute Gasteiger partial charge is 0.350 e. The molecule has 1 fully saturated rings. The van der Waals surface area contributed by atoms with E-state index in [9.17, 15) is 4.79 Å². The van der Waals surface area contributed by atoms with E-state index in [2.05, 4.69) is 21.7 Å². The third kappa shape index (κ3) is 1.94. The van der Waals surface area contributed by atoms with Crippen LogP contribution in [0.1, 0.15) is 5.56 Å². The second-order valence-electron chi connectivity index (χ2n) is 4.69. The van der Waals surface area contributed by atoms with Crippen LogP contribution in [-0.2, 0) is 11.8 Å². The zero-order valence-electron chi connectivity index (χ0n) is 11.6. The lowest BCUT2D eigenvalue weighted by Crippen LogP contribution is -2.23. The number of carbonyl (C=O) groups is 1. The molecule has 0 unspecified atom stereocenters. The molecule has 3 rings (SSSR count). The fourth-order valence-corrected chi connectivity index (χ4v) is 3.30. The van der Waals surface area contributed by atoms with Gasteiger partial charge in [0, 0.05) is 43.8 Å². The van der Waals surface area contributed by atoms with Gasteiger partial charge >= 0.3 is 0 Å². The Balaban J connectivity index is 2.10. The molecule has 0 bridgehead atoms. The number of thioether (sulfide) groups is 1. The predicted molar refractivity (Wildman–Crippen MR) is 84.6 cm³/mol. The molecule has 0 N–H and O–H groups in total. The molecule has 1 amide bonds. The smallest absolute Gasteiger partial charge is 0.266 e. The number of amidine groups is 1. The average Bonchev–Trinajstić information content (AvgIpc) is 2.92. The zero-order chi connectivity index (χ0) is 14.3. The fourth-order valence-electron chi connectivity index (χ4n) is 2.38. The minimum atomic E-state index is 0.00327. The standard InChI is InChI=1S/C15H15N3OS/c1-16-15-18(3)14(19)13(20-15)8-10-9-17(2)12-7-5-4-6-11(10)12/h4-9H,1-3H3. The number of aliphatic imine (C=N–C) groups is 1. The van der Waals surface area contributed by atoms with Crippen LogP contribution in [0.15, 0.2) is 40.4 Å². The molecule has 4 nitrogen and oxygen atoms in total. The molecule has 102 valence electrons. The number of aromatic nitrogens is 1. The van der Waals surface area contributed by atoms with E-state index in [1.165, 1.54) is 11.8 Å². The summed E-state index contributed by atoms with van der Waals surface area (Å²) in [5.74, 6) is 0.00327. The highest BCUT2D eigenvalue weighted by molar-refractivity contribution is 8.18. The summed E-state index contributed by atoms with van der Waals surface area (Å²) in [5, 5.41) is 1.89. The molecule has 2 heterocycles. The maximum Gasteiger partial charge on any atom is 0.266 e. The van der Waals surface area contributed by atoms with Gasteiger partial charge in [-0.15, -0.1) is 0 Å². The number of benzene rings is 1. The number of aryl methyl sites for hydroxylation is 1. The molecule has 0 radical (unpaired) electrons. The summed E-state index contributed by atoms with van der Waals surface area (Å²) >= 11 is 1.42. The van der Waals surface area contributed by atoms with Gasteiger partial charge < -0.3 is 4.57 Å². The van der Waals surface area contributed by atoms with Crippen molar-refractivity contribution in [1.82, 2.24) is 9.47 Å². The lowest BCUT2D eigenvalue weighted by atomic mass is 10.1. The maximum absolute atomic E-state index is 12.2. The molecule has 1 aromatic heterocycles. The lowest BCUT2D eigenvalue weighted by molar-refractivity contribution is -0.121. The van der Waals surface area contributed by atoms with Gasteiger partial charge in [-0.3, -0.25) is 14.7 Å². The molecule has 1 aliphatic heterocycles. The number of fused-ring (bicyclic) bond motifs is 1. The van der Waals surface area contributed by atoms with E-state index >= 15 is 0 Å². The second-order valence-corrected chi connectivity index (χ2v) is 5.70. The Morgan fingerprint density at radius 2 is 2.00 bits per heavy atom. The SMILES string of the molecule is CN=C1SC(=Cc2cn(C)c3ccccc23)C(=O)N1C. The summed E-state index contributed by atoms with van der Waals surface area (Å²) in [6, 6.07) is 8.18. The lowest BCUT2D eigenvalue weighted by Gasteiger charge is -2.04. The van der Waals surface area contributed by atoms with Crippen molar-refractivity contribution in [3.63, 3.8) is 0 Å². The summed E-state index contributed by atoms with van der Waals surface area (Å²) < 4.78 is 2.07. The number of hydrogen-bond donors (Lipinski definition) is 0. The molecule has 0 atom stereocenters. The van der Waals surface area contributed by atoms with Gasteiger partial charge in [0.15, 0.2) is 5.17 Å². The van der Waals surface area contributed by atoms with Crippen molar-refractivity contribution in [1.29, 1.82) is 0 Å². The van der Waals surface area contributed by atoms with Gasteiger partial charge in [-0.1, -0.05) is 18.2 Å². The van der Waals surface area contributed by atoms with Crippen molar-refractivity contribution >= 4 is 39.8 Å². The van der Waals surface area contributed by atoms with Crippen molar-refractivity contribution in [2.24, 2.45) is 12.0 Å². The first-order valence-electron chi connectivity index (χ1n) is 6.30. The minimum Gasteiger partial charge on any atom is -0.350 e. The molecule has 0 aliphatic carbocycles. The molecule has 0 saturated carbocycles. The van der Waals surface area contributed by atoms with Crippen molar-refractivity contribution in [3.05, 3.63) is 40.9 Å². The van der Waals surface area contributed by atoms with Crippen LogP contribution in [0.2, 0.25) is 0 Å². The van der Waals surface area contributed by atoms with Gasteiger partial charge in [0.2, 0.25) is 0 Å². The van der Waals surface area contributed by atoms with E-state index in [0.717, 1.165) is 21.6 Å². The van der Waals surface area contributed by atoms with Crippen LogP contribution in [-0.4, -0.2) is 34.6 Å².